The van der Waals surface area contributed by atoms with Crippen LogP contribution in [0.2, 0.25) is 0 Å². The fourth-order valence-corrected chi connectivity index (χ4v) is 3.86. The number of unbranched alkanes of at least 4 members (excludes halogenated alkanes) is 4. The van der Waals surface area contributed by atoms with E-state index >= 15 is 0 Å². The first-order valence-electron chi connectivity index (χ1n) is 12.4. The van der Waals surface area contributed by atoms with Crippen LogP contribution >= 0.6 is 0 Å². The van der Waals surface area contributed by atoms with E-state index in [0.29, 0.717) is 11.8 Å². The van der Waals surface area contributed by atoms with Crippen molar-refractivity contribution >= 4 is 11.9 Å². The molecule has 1 N–H and O–H groups in total. The Morgan fingerprint density at radius 1 is 1.06 bits per heavy atom. The SMILES string of the molecule is C=C(NCC1C=CC(C(C)C)CC1)OCCCCCCC=N/C(C(=C)C)=C(\C)N=C(C)C. The van der Waals surface area contributed by atoms with Gasteiger partial charge in [-0.2, -0.15) is 0 Å². The first kappa shape index (κ1) is 27.9. The van der Waals surface area contributed by atoms with Crippen LogP contribution in [-0.2, 0) is 4.74 Å². The molecule has 0 saturated heterocycles. The van der Waals surface area contributed by atoms with Crippen LogP contribution in [0.25, 0.3) is 0 Å². The zero-order valence-corrected chi connectivity index (χ0v) is 21.5. The molecular weight excluding hydrogens is 394 g/mol. The normalized spacial score (nSPS) is 19.1. The summed E-state index contributed by atoms with van der Waals surface area (Å²) < 4.78 is 5.75. The second kappa shape index (κ2) is 15.7. The number of rotatable bonds is 15. The molecule has 0 spiro atoms. The first-order valence-corrected chi connectivity index (χ1v) is 12.4. The molecule has 0 radical (unpaired) electrons. The summed E-state index contributed by atoms with van der Waals surface area (Å²) in [5.74, 6) is 2.78. The molecule has 0 saturated carbocycles. The molecule has 0 aromatic rings. The predicted octanol–water partition coefficient (Wildman–Crippen LogP) is 7.61. The van der Waals surface area contributed by atoms with Gasteiger partial charge in [0.2, 0.25) is 0 Å². The van der Waals surface area contributed by atoms with Crippen LogP contribution in [0.3, 0.4) is 0 Å². The Labute approximate surface area is 197 Å². The van der Waals surface area contributed by atoms with Gasteiger partial charge in [-0.15, -0.1) is 0 Å². The average Bonchev–Trinajstić information content (AvgIpc) is 2.73. The number of hydrogen-bond acceptors (Lipinski definition) is 4. The van der Waals surface area contributed by atoms with Crippen LogP contribution < -0.4 is 5.32 Å². The van der Waals surface area contributed by atoms with Gasteiger partial charge in [0.15, 0.2) is 5.88 Å². The number of hydrogen-bond donors (Lipinski definition) is 1. The van der Waals surface area contributed by atoms with Crippen LogP contribution in [0, 0.1) is 17.8 Å². The molecule has 0 heterocycles. The van der Waals surface area contributed by atoms with Crippen LogP contribution in [0.5, 0.6) is 0 Å². The van der Waals surface area contributed by atoms with Gasteiger partial charge in [0.25, 0.3) is 0 Å². The monoisotopic (exact) mass is 441 g/mol. The van der Waals surface area contributed by atoms with Crippen molar-refractivity contribution in [2.24, 2.45) is 27.7 Å². The lowest BCUT2D eigenvalue weighted by Crippen LogP contribution is -2.25. The smallest absolute Gasteiger partial charge is 0.179 e. The van der Waals surface area contributed by atoms with Crippen molar-refractivity contribution in [3.63, 3.8) is 0 Å². The molecule has 0 fully saturated rings. The van der Waals surface area contributed by atoms with Crippen LogP contribution in [0.15, 0.2) is 58.1 Å². The number of aliphatic imine (C=N–C) groups is 2. The summed E-state index contributed by atoms with van der Waals surface area (Å²) in [7, 11) is 0. The molecule has 0 aliphatic heterocycles. The van der Waals surface area contributed by atoms with Gasteiger partial charge in [-0.25, -0.2) is 0 Å². The molecule has 0 amide bonds. The first-order chi connectivity index (χ1) is 15.2. The number of ether oxygens (including phenoxy) is 1. The Bertz CT molecular complexity index is 708. The van der Waals surface area contributed by atoms with Crippen molar-refractivity contribution in [2.75, 3.05) is 13.2 Å². The molecule has 0 aromatic carbocycles. The van der Waals surface area contributed by atoms with E-state index in [0.717, 1.165) is 73.3 Å². The van der Waals surface area contributed by atoms with Gasteiger partial charge < -0.3 is 10.1 Å². The topological polar surface area (TPSA) is 46.0 Å². The summed E-state index contributed by atoms with van der Waals surface area (Å²) in [6.45, 7) is 22.2. The van der Waals surface area contributed by atoms with E-state index in [1.54, 1.807) is 0 Å². The molecule has 4 heteroatoms. The van der Waals surface area contributed by atoms with Gasteiger partial charge >= 0.3 is 0 Å². The van der Waals surface area contributed by atoms with E-state index in [2.05, 4.69) is 54.5 Å². The number of nitrogens with zero attached hydrogens (tertiary/aromatic N) is 2. The van der Waals surface area contributed by atoms with Gasteiger partial charge in [0.1, 0.15) is 0 Å². The lowest BCUT2D eigenvalue weighted by Gasteiger charge is -2.26. The number of nitrogens with one attached hydrogen (secondary N) is 1. The molecule has 0 aromatic heterocycles. The van der Waals surface area contributed by atoms with Crippen LogP contribution in [-0.4, -0.2) is 25.1 Å². The van der Waals surface area contributed by atoms with Gasteiger partial charge in [0.05, 0.1) is 18.0 Å². The highest BCUT2D eigenvalue weighted by atomic mass is 16.5. The Hall–Kier alpha value is -2.10. The molecule has 1 rings (SSSR count). The summed E-state index contributed by atoms with van der Waals surface area (Å²) >= 11 is 0. The minimum atomic E-state index is 0.592. The van der Waals surface area contributed by atoms with E-state index in [9.17, 15) is 0 Å². The zero-order valence-electron chi connectivity index (χ0n) is 21.5. The summed E-state index contributed by atoms with van der Waals surface area (Å²) in [4.78, 5) is 9.11. The van der Waals surface area contributed by atoms with E-state index in [1.807, 2.05) is 33.9 Å². The molecule has 2 atom stereocenters. The second-order valence-corrected chi connectivity index (χ2v) is 9.57. The fraction of sp³-hybridized carbons (Fsp3) is 0.643. The highest BCUT2D eigenvalue weighted by Crippen LogP contribution is 2.27. The van der Waals surface area contributed by atoms with Crippen molar-refractivity contribution < 1.29 is 4.74 Å². The largest absolute Gasteiger partial charge is 0.480 e. The third-order valence-electron chi connectivity index (χ3n) is 5.78. The van der Waals surface area contributed by atoms with Crippen molar-refractivity contribution in [1.29, 1.82) is 0 Å². The molecule has 2 unspecified atom stereocenters. The Balaban J connectivity index is 2.13. The standard InChI is InChI=1S/C28H47N3O/c1-21(2)27-16-14-26(15-17-27)20-30-25(8)32-19-13-11-9-10-12-18-29-28(22(3)4)24(7)31-23(5)6/h14,16,18,21,26-27,30H,3,8-13,15,17,19-20H2,1-2,4-7H3/b28-24+,29-18?. The highest BCUT2D eigenvalue weighted by Gasteiger charge is 2.18. The summed E-state index contributed by atoms with van der Waals surface area (Å²) in [5.41, 5.74) is 3.81. The molecule has 0 bridgehead atoms. The fourth-order valence-electron chi connectivity index (χ4n) is 3.86. The lowest BCUT2D eigenvalue weighted by atomic mass is 9.82. The van der Waals surface area contributed by atoms with E-state index in [-0.39, 0.29) is 0 Å². The van der Waals surface area contributed by atoms with Crippen molar-refractivity contribution in [3.8, 4) is 0 Å². The lowest BCUT2D eigenvalue weighted by molar-refractivity contribution is 0.183. The molecule has 4 nitrogen and oxygen atoms in total. The molecule has 1 aliphatic carbocycles. The summed E-state index contributed by atoms with van der Waals surface area (Å²) in [6.07, 6.45) is 14.8. The Morgan fingerprint density at radius 2 is 1.78 bits per heavy atom. The van der Waals surface area contributed by atoms with Crippen molar-refractivity contribution in [2.45, 2.75) is 86.5 Å². The van der Waals surface area contributed by atoms with Crippen molar-refractivity contribution in [1.82, 2.24) is 5.32 Å². The van der Waals surface area contributed by atoms with E-state index in [1.165, 1.54) is 19.3 Å². The molecular formula is C28H47N3O. The van der Waals surface area contributed by atoms with E-state index in [4.69, 9.17) is 4.74 Å². The van der Waals surface area contributed by atoms with Crippen LogP contribution in [0.1, 0.15) is 86.5 Å². The van der Waals surface area contributed by atoms with Gasteiger partial charge in [-0.05, 0) is 89.7 Å². The second-order valence-electron chi connectivity index (χ2n) is 9.57. The third-order valence-corrected chi connectivity index (χ3v) is 5.78. The maximum absolute atomic E-state index is 5.75. The molecule has 1 aliphatic rings. The van der Waals surface area contributed by atoms with E-state index < -0.39 is 0 Å². The van der Waals surface area contributed by atoms with Crippen molar-refractivity contribution in [3.05, 3.63) is 48.2 Å². The molecule has 180 valence electrons. The maximum atomic E-state index is 5.75. The van der Waals surface area contributed by atoms with Gasteiger partial charge in [-0.3, -0.25) is 9.98 Å². The Kier molecular flexibility index (Phi) is 13.7. The predicted molar refractivity (Wildman–Crippen MR) is 141 cm³/mol. The summed E-state index contributed by atoms with van der Waals surface area (Å²) in [6, 6.07) is 0. The highest BCUT2D eigenvalue weighted by molar-refractivity contribution is 5.80. The Morgan fingerprint density at radius 3 is 2.38 bits per heavy atom. The number of allylic oxidation sites excluding steroid dienone is 3. The minimum absolute atomic E-state index is 0.592. The zero-order chi connectivity index (χ0) is 23.9. The minimum Gasteiger partial charge on any atom is -0.480 e. The third kappa shape index (κ3) is 12.1. The van der Waals surface area contributed by atoms with Gasteiger partial charge in [0, 0.05) is 18.5 Å². The van der Waals surface area contributed by atoms with Gasteiger partial charge in [-0.1, -0.05) is 45.4 Å². The summed E-state index contributed by atoms with van der Waals surface area (Å²) in [5, 5.41) is 3.35. The maximum Gasteiger partial charge on any atom is 0.179 e. The average molecular weight is 442 g/mol. The quantitative estimate of drug-likeness (QED) is 0.0934. The van der Waals surface area contributed by atoms with Crippen LogP contribution in [0.4, 0.5) is 0 Å². The molecule has 32 heavy (non-hydrogen) atoms.